The van der Waals surface area contributed by atoms with Crippen LogP contribution in [0.1, 0.15) is 37.7 Å². The third kappa shape index (κ3) is 2.29. The van der Waals surface area contributed by atoms with E-state index in [0.29, 0.717) is 0 Å². The van der Waals surface area contributed by atoms with E-state index in [2.05, 4.69) is 44.8 Å². The van der Waals surface area contributed by atoms with Crippen molar-refractivity contribution < 1.29 is 0 Å². The van der Waals surface area contributed by atoms with Crippen LogP contribution in [-0.2, 0) is 5.41 Å². The van der Waals surface area contributed by atoms with Crippen LogP contribution in [0.25, 0.3) is 15.5 Å². The minimum atomic E-state index is -0.0918. The van der Waals surface area contributed by atoms with Gasteiger partial charge in [-0.2, -0.15) is 9.61 Å². The zero-order valence-corrected chi connectivity index (χ0v) is 13.7. The molecule has 2 heterocycles. The van der Waals surface area contributed by atoms with Gasteiger partial charge in [-0.05, 0) is 37.1 Å². The zero-order chi connectivity index (χ0) is 15.4. The second-order valence-corrected chi connectivity index (χ2v) is 7.34. The summed E-state index contributed by atoms with van der Waals surface area (Å²) in [6.45, 7) is 10.5. The molecule has 2 aromatic heterocycles. The molecule has 0 aliphatic carbocycles. The van der Waals surface area contributed by atoms with Crippen LogP contribution in [0.4, 0.5) is 5.69 Å². The van der Waals surface area contributed by atoms with E-state index in [4.69, 9.17) is 10.8 Å². The molecule has 110 valence electrons. The van der Waals surface area contributed by atoms with Gasteiger partial charge < -0.3 is 5.73 Å². The van der Waals surface area contributed by atoms with Crippen molar-refractivity contribution in [3.05, 3.63) is 29.1 Å². The van der Waals surface area contributed by atoms with Crippen LogP contribution in [-0.4, -0.2) is 19.8 Å². The number of nitrogens with two attached hydrogens (primary N) is 1. The Balaban J connectivity index is 2.21. The fourth-order valence-corrected chi connectivity index (χ4v) is 3.22. The van der Waals surface area contributed by atoms with E-state index in [1.165, 1.54) is 11.1 Å². The number of anilines is 1. The van der Waals surface area contributed by atoms with E-state index < -0.39 is 0 Å². The molecule has 0 amide bonds. The molecule has 0 spiro atoms. The normalized spacial score (nSPS) is 12.2. The molecule has 0 aliphatic heterocycles. The molecule has 2 N–H and O–H groups in total. The van der Waals surface area contributed by atoms with Crippen LogP contribution in [0.2, 0.25) is 0 Å². The average molecular weight is 301 g/mol. The van der Waals surface area contributed by atoms with Crippen molar-refractivity contribution >= 4 is 22.0 Å². The molecule has 1 aromatic carbocycles. The summed E-state index contributed by atoms with van der Waals surface area (Å²) in [5.41, 5.74) is 10.1. The number of hydrogen-bond acceptors (Lipinski definition) is 5. The molecule has 0 atom stereocenters. The third-order valence-electron chi connectivity index (χ3n) is 3.58. The van der Waals surface area contributed by atoms with Gasteiger partial charge >= 0.3 is 0 Å². The first kappa shape index (κ1) is 14.0. The number of benzene rings is 1. The van der Waals surface area contributed by atoms with Gasteiger partial charge in [-0.25, -0.2) is 0 Å². The fourth-order valence-electron chi connectivity index (χ4n) is 2.30. The zero-order valence-electron chi connectivity index (χ0n) is 12.9. The number of nitrogens with zero attached hydrogens (tertiary/aromatic N) is 4. The highest BCUT2D eigenvalue weighted by atomic mass is 32.1. The Bertz CT molecular complexity index is 823. The summed E-state index contributed by atoms with van der Waals surface area (Å²) in [6, 6.07) is 3.96. The molecular weight excluding hydrogens is 282 g/mol. The highest BCUT2D eigenvalue weighted by Gasteiger charge is 2.24. The van der Waals surface area contributed by atoms with Crippen molar-refractivity contribution in [2.45, 2.75) is 40.0 Å². The molecule has 0 saturated carbocycles. The van der Waals surface area contributed by atoms with Crippen LogP contribution < -0.4 is 5.73 Å². The molecule has 21 heavy (non-hydrogen) atoms. The summed E-state index contributed by atoms with van der Waals surface area (Å²) >= 11 is 1.54. The van der Waals surface area contributed by atoms with E-state index in [1.807, 2.05) is 16.6 Å². The van der Waals surface area contributed by atoms with Crippen LogP contribution in [0.15, 0.2) is 12.1 Å². The van der Waals surface area contributed by atoms with E-state index in [9.17, 15) is 0 Å². The number of aryl methyl sites for hydroxylation is 1. The van der Waals surface area contributed by atoms with Gasteiger partial charge in [0.2, 0.25) is 4.96 Å². The van der Waals surface area contributed by atoms with Crippen molar-refractivity contribution in [1.82, 2.24) is 19.8 Å². The van der Waals surface area contributed by atoms with Gasteiger partial charge in [0.1, 0.15) is 5.01 Å². The summed E-state index contributed by atoms with van der Waals surface area (Å²) in [5, 5.41) is 14.1. The Morgan fingerprint density at radius 2 is 1.86 bits per heavy atom. The molecule has 3 rings (SSSR count). The van der Waals surface area contributed by atoms with Crippen molar-refractivity contribution in [3.8, 4) is 10.6 Å². The third-order valence-corrected chi connectivity index (χ3v) is 4.51. The van der Waals surface area contributed by atoms with Crippen molar-refractivity contribution in [2.75, 3.05) is 5.73 Å². The van der Waals surface area contributed by atoms with Crippen LogP contribution in [0, 0.1) is 13.8 Å². The molecule has 5 nitrogen and oxygen atoms in total. The fraction of sp³-hybridized carbons (Fsp3) is 0.400. The Morgan fingerprint density at radius 3 is 2.52 bits per heavy atom. The standard InChI is InChI=1S/C15H19N5S/c1-8-6-10(16)7-11(9(8)2)12-19-20-13(15(3,4)5)17-18-14(20)21-12/h6-7H,16H2,1-5H3. The SMILES string of the molecule is Cc1cc(N)cc(-c2nn3c(C(C)(C)C)nnc3s2)c1C. The molecule has 0 saturated heterocycles. The number of hydrogen-bond donors (Lipinski definition) is 1. The monoisotopic (exact) mass is 301 g/mol. The van der Waals surface area contributed by atoms with Crippen LogP contribution in [0.3, 0.4) is 0 Å². The van der Waals surface area contributed by atoms with E-state index in [-0.39, 0.29) is 5.41 Å². The van der Waals surface area contributed by atoms with Gasteiger partial charge in [-0.1, -0.05) is 32.1 Å². The molecule has 0 radical (unpaired) electrons. The first-order valence-electron chi connectivity index (χ1n) is 6.87. The van der Waals surface area contributed by atoms with Gasteiger partial charge in [-0.15, -0.1) is 10.2 Å². The minimum absolute atomic E-state index is 0.0918. The van der Waals surface area contributed by atoms with Gasteiger partial charge in [0.05, 0.1) is 0 Å². The Hall–Kier alpha value is -1.95. The minimum Gasteiger partial charge on any atom is -0.399 e. The highest BCUT2D eigenvalue weighted by molar-refractivity contribution is 7.19. The predicted molar refractivity (Wildman–Crippen MR) is 86.7 cm³/mol. The first-order valence-corrected chi connectivity index (χ1v) is 7.69. The van der Waals surface area contributed by atoms with E-state index >= 15 is 0 Å². The molecule has 0 fully saturated rings. The van der Waals surface area contributed by atoms with Crippen molar-refractivity contribution in [3.63, 3.8) is 0 Å². The summed E-state index contributed by atoms with van der Waals surface area (Å²) in [6.07, 6.45) is 0. The van der Waals surface area contributed by atoms with E-state index in [1.54, 1.807) is 11.3 Å². The summed E-state index contributed by atoms with van der Waals surface area (Å²) in [7, 11) is 0. The Morgan fingerprint density at radius 1 is 1.14 bits per heavy atom. The van der Waals surface area contributed by atoms with Gasteiger partial charge in [0.15, 0.2) is 5.82 Å². The lowest BCUT2D eigenvalue weighted by atomic mass is 9.96. The van der Waals surface area contributed by atoms with Gasteiger partial charge in [-0.3, -0.25) is 0 Å². The molecule has 3 aromatic rings. The summed E-state index contributed by atoms with van der Waals surface area (Å²) in [5.74, 6) is 0.873. The first-order chi connectivity index (χ1) is 9.77. The maximum atomic E-state index is 5.98. The lowest BCUT2D eigenvalue weighted by Gasteiger charge is -2.13. The lowest BCUT2D eigenvalue weighted by molar-refractivity contribution is 0.528. The van der Waals surface area contributed by atoms with Gasteiger partial charge in [0.25, 0.3) is 0 Å². The highest BCUT2D eigenvalue weighted by Crippen LogP contribution is 2.32. The largest absolute Gasteiger partial charge is 0.399 e. The predicted octanol–water partition coefficient (Wildman–Crippen LogP) is 3.35. The number of fused-ring (bicyclic) bond motifs is 1. The topological polar surface area (TPSA) is 69.1 Å². The maximum absolute atomic E-state index is 5.98. The van der Waals surface area contributed by atoms with Crippen molar-refractivity contribution in [2.24, 2.45) is 0 Å². The molecular formula is C15H19N5S. The van der Waals surface area contributed by atoms with Gasteiger partial charge in [0, 0.05) is 16.7 Å². The smallest absolute Gasteiger partial charge is 0.235 e. The number of nitrogen functional groups attached to an aromatic ring is 1. The number of rotatable bonds is 1. The molecule has 6 heteroatoms. The maximum Gasteiger partial charge on any atom is 0.235 e. The van der Waals surface area contributed by atoms with Crippen molar-refractivity contribution in [1.29, 1.82) is 0 Å². The van der Waals surface area contributed by atoms with E-state index in [0.717, 1.165) is 27.0 Å². The second kappa shape index (κ2) is 4.53. The molecule has 0 bridgehead atoms. The quantitative estimate of drug-likeness (QED) is 0.700. The Kier molecular flexibility index (Phi) is 3.02. The summed E-state index contributed by atoms with van der Waals surface area (Å²) < 4.78 is 1.85. The summed E-state index contributed by atoms with van der Waals surface area (Å²) in [4.78, 5) is 0.814. The lowest BCUT2D eigenvalue weighted by Crippen LogP contribution is -2.16. The van der Waals surface area contributed by atoms with Crippen LogP contribution >= 0.6 is 11.3 Å². The number of aromatic nitrogens is 4. The van der Waals surface area contributed by atoms with Crippen LogP contribution in [0.5, 0.6) is 0 Å². The molecule has 0 aliphatic rings. The molecule has 0 unspecified atom stereocenters. The average Bonchev–Trinajstić information content (AvgIpc) is 2.91. The second-order valence-electron chi connectivity index (χ2n) is 6.39. The Labute approximate surface area is 127 Å².